The van der Waals surface area contributed by atoms with Gasteiger partial charge < -0.3 is 9.64 Å². The van der Waals surface area contributed by atoms with Crippen LogP contribution in [-0.4, -0.2) is 75.9 Å². The molecule has 2 fully saturated rings. The van der Waals surface area contributed by atoms with Gasteiger partial charge in [0.15, 0.2) is 5.82 Å². The van der Waals surface area contributed by atoms with Crippen LogP contribution in [0.3, 0.4) is 0 Å². The fraction of sp³-hybridized carbons (Fsp3) is 0.938. The lowest BCUT2D eigenvalue weighted by molar-refractivity contribution is 0.0789. The third-order valence-electron chi connectivity index (χ3n) is 4.93. The molecule has 138 valence electrons. The molecule has 24 heavy (non-hydrogen) atoms. The van der Waals surface area contributed by atoms with E-state index in [0.29, 0.717) is 12.0 Å². The number of likely N-dealkylation sites (N-methyl/N-ethyl adjacent to an activating group) is 1. The van der Waals surface area contributed by atoms with Gasteiger partial charge in [-0.25, -0.2) is 4.68 Å². The Morgan fingerprint density at radius 1 is 1.21 bits per heavy atom. The number of tetrazole rings is 1. The number of rotatable bonds is 6. The lowest BCUT2D eigenvalue weighted by Crippen LogP contribution is -2.46. The van der Waals surface area contributed by atoms with Crippen molar-refractivity contribution in [3.8, 4) is 0 Å². The quantitative estimate of drug-likeness (QED) is 0.770. The summed E-state index contributed by atoms with van der Waals surface area (Å²) < 4.78 is 7.75. The smallest absolute Gasteiger partial charge is 0.168 e. The molecule has 0 aliphatic carbocycles. The Hall–Kier alpha value is -0.760. The summed E-state index contributed by atoms with van der Waals surface area (Å²) in [4.78, 5) is 4.94. The number of halogens is 1. The highest BCUT2D eigenvalue weighted by molar-refractivity contribution is 5.85. The predicted molar refractivity (Wildman–Crippen MR) is 95.3 cm³/mol. The van der Waals surface area contributed by atoms with E-state index < -0.39 is 0 Å². The van der Waals surface area contributed by atoms with Crippen LogP contribution >= 0.6 is 12.4 Å². The van der Waals surface area contributed by atoms with E-state index in [1.807, 2.05) is 4.68 Å². The molecule has 1 aromatic rings. The summed E-state index contributed by atoms with van der Waals surface area (Å²) in [5, 5.41) is 12.6. The monoisotopic (exact) mass is 358 g/mol. The van der Waals surface area contributed by atoms with Gasteiger partial charge in [-0.15, -0.1) is 17.5 Å². The first-order chi connectivity index (χ1) is 11.1. The Labute approximate surface area is 151 Å². The first-order valence-electron chi connectivity index (χ1n) is 8.93. The number of aromatic nitrogens is 4. The highest BCUT2D eigenvalue weighted by Gasteiger charge is 2.30. The minimum Gasteiger partial charge on any atom is -0.376 e. The first kappa shape index (κ1) is 19.6. The molecule has 2 atom stereocenters. The SMILES string of the molecule is CC(C)CC(c1nnnn1CC1CCCO1)N1CCN(C)CC1.Cl. The molecule has 3 rings (SSSR count). The van der Waals surface area contributed by atoms with Crippen molar-refractivity contribution in [2.45, 2.75) is 51.8 Å². The van der Waals surface area contributed by atoms with Crippen molar-refractivity contribution >= 4 is 12.4 Å². The van der Waals surface area contributed by atoms with E-state index in [9.17, 15) is 0 Å². The van der Waals surface area contributed by atoms with Gasteiger partial charge in [-0.1, -0.05) is 13.8 Å². The van der Waals surface area contributed by atoms with Gasteiger partial charge in [-0.3, -0.25) is 4.90 Å². The van der Waals surface area contributed by atoms with Gasteiger partial charge in [0.25, 0.3) is 0 Å². The summed E-state index contributed by atoms with van der Waals surface area (Å²) in [6.45, 7) is 10.6. The first-order valence-corrected chi connectivity index (χ1v) is 8.93. The second-order valence-electron chi connectivity index (χ2n) is 7.34. The molecule has 2 aliphatic heterocycles. The third kappa shape index (κ3) is 4.88. The van der Waals surface area contributed by atoms with Crippen LogP contribution in [0, 0.1) is 5.92 Å². The molecule has 0 spiro atoms. The zero-order chi connectivity index (χ0) is 16.2. The zero-order valence-corrected chi connectivity index (χ0v) is 15.9. The van der Waals surface area contributed by atoms with Crippen molar-refractivity contribution in [1.82, 2.24) is 30.0 Å². The fourth-order valence-electron chi connectivity index (χ4n) is 3.56. The lowest BCUT2D eigenvalue weighted by Gasteiger charge is -2.38. The van der Waals surface area contributed by atoms with E-state index in [1.54, 1.807) is 0 Å². The van der Waals surface area contributed by atoms with Crippen molar-refractivity contribution < 1.29 is 4.74 Å². The second-order valence-corrected chi connectivity index (χ2v) is 7.34. The molecule has 0 N–H and O–H groups in total. The number of nitrogens with zero attached hydrogens (tertiary/aromatic N) is 6. The lowest BCUT2D eigenvalue weighted by atomic mass is 10.0. The van der Waals surface area contributed by atoms with Crippen molar-refractivity contribution in [2.24, 2.45) is 5.92 Å². The summed E-state index contributed by atoms with van der Waals surface area (Å²) in [7, 11) is 2.19. The molecular formula is C16H31ClN6O. The molecule has 0 aromatic carbocycles. The Morgan fingerprint density at radius 2 is 1.96 bits per heavy atom. The van der Waals surface area contributed by atoms with Gasteiger partial charge in [0.05, 0.1) is 18.7 Å². The highest BCUT2D eigenvalue weighted by Crippen LogP contribution is 2.27. The largest absolute Gasteiger partial charge is 0.376 e. The van der Waals surface area contributed by atoms with Gasteiger partial charge in [0.1, 0.15) is 0 Å². The maximum absolute atomic E-state index is 5.76. The van der Waals surface area contributed by atoms with E-state index in [4.69, 9.17) is 4.74 Å². The van der Waals surface area contributed by atoms with E-state index in [0.717, 1.165) is 64.4 Å². The maximum atomic E-state index is 5.76. The normalized spacial score (nSPS) is 24.2. The van der Waals surface area contributed by atoms with Crippen LogP contribution in [0.1, 0.15) is 45.0 Å². The topological polar surface area (TPSA) is 59.3 Å². The summed E-state index contributed by atoms with van der Waals surface area (Å²) >= 11 is 0. The van der Waals surface area contributed by atoms with Crippen molar-refractivity contribution in [1.29, 1.82) is 0 Å². The molecule has 1 aromatic heterocycles. The summed E-state index contributed by atoms with van der Waals surface area (Å²) in [6, 6.07) is 0.306. The molecule has 2 saturated heterocycles. The van der Waals surface area contributed by atoms with Crippen molar-refractivity contribution in [3.63, 3.8) is 0 Å². The number of hydrogen-bond donors (Lipinski definition) is 0. The standard InChI is InChI=1S/C16H30N6O.ClH/c1-13(2)11-15(21-8-6-20(3)7-9-21)16-17-18-19-22(16)12-14-5-4-10-23-14;/h13-15H,4-12H2,1-3H3;1H. The van der Waals surface area contributed by atoms with Gasteiger partial charge in [-0.05, 0) is 42.7 Å². The third-order valence-corrected chi connectivity index (χ3v) is 4.93. The van der Waals surface area contributed by atoms with Crippen LogP contribution in [0.4, 0.5) is 0 Å². The van der Waals surface area contributed by atoms with E-state index in [-0.39, 0.29) is 18.5 Å². The molecule has 8 heteroatoms. The van der Waals surface area contributed by atoms with Gasteiger partial charge in [0, 0.05) is 32.8 Å². The van der Waals surface area contributed by atoms with Crippen LogP contribution < -0.4 is 0 Å². The van der Waals surface area contributed by atoms with Crippen molar-refractivity contribution in [2.75, 3.05) is 39.8 Å². The van der Waals surface area contributed by atoms with E-state index in [1.165, 1.54) is 0 Å². The Bertz CT molecular complexity index is 483. The molecule has 0 saturated carbocycles. The average Bonchev–Trinajstić information content (AvgIpc) is 3.18. The molecule has 0 amide bonds. The van der Waals surface area contributed by atoms with Gasteiger partial charge in [0.2, 0.25) is 0 Å². The van der Waals surface area contributed by atoms with Crippen LogP contribution in [0.5, 0.6) is 0 Å². The Kier molecular flexibility index (Phi) is 7.40. The molecule has 3 heterocycles. The molecular weight excluding hydrogens is 328 g/mol. The molecule has 0 bridgehead atoms. The number of ether oxygens (including phenoxy) is 1. The van der Waals surface area contributed by atoms with Crippen LogP contribution in [0.2, 0.25) is 0 Å². The fourth-order valence-corrected chi connectivity index (χ4v) is 3.56. The Balaban J connectivity index is 0.00000208. The van der Waals surface area contributed by atoms with Gasteiger partial charge in [-0.2, -0.15) is 0 Å². The summed E-state index contributed by atoms with van der Waals surface area (Å²) in [5.41, 5.74) is 0. The van der Waals surface area contributed by atoms with E-state index >= 15 is 0 Å². The second kappa shape index (κ2) is 9.08. The minimum absolute atomic E-state index is 0. The molecule has 2 aliphatic rings. The number of piperazine rings is 1. The minimum atomic E-state index is 0. The molecule has 7 nitrogen and oxygen atoms in total. The van der Waals surface area contributed by atoms with Crippen LogP contribution in [0.15, 0.2) is 0 Å². The average molecular weight is 359 g/mol. The molecule has 2 unspecified atom stereocenters. The number of hydrogen-bond acceptors (Lipinski definition) is 6. The predicted octanol–water partition coefficient (Wildman–Crippen LogP) is 1.61. The Morgan fingerprint density at radius 3 is 2.58 bits per heavy atom. The van der Waals surface area contributed by atoms with E-state index in [2.05, 4.69) is 46.2 Å². The maximum Gasteiger partial charge on any atom is 0.168 e. The highest BCUT2D eigenvalue weighted by atomic mass is 35.5. The van der Waals surface area contributed by atoms with Crippen LogP contribution in [-0.2, 0) is 11.3 Å². The zero-order valence-electron chi connectivity index (χ0n) is 15.1. The summed E-state index contributed by atoms with van der Waals surface area (Å²) in [5.74, 6) is 1.63. The van der Waals surface area contributed by atoms with Gasteiger partial charge >= 0.3 is 0 Å². The van der Waals surface area contributed by atoms with Crippen molar-refractivity contribution in [3.05, 3.63) is 5.82 Å². The molecule has 0 radical (unpaired) electrons. The summed E-state index contributed by atoms with van der Waals surface area (Å²) in [6.07, 6.45) is 3.62. The van der Waals surface area contributed by atoms with Crippen LogP contribution in [0.25, 0.3) is 0 Å².